The molecule has 0 spiro atoms. The number of nitrogens with zero attached hydrogens (tertiary/aromatic N) is 4. The second kappa shape index (κ2) is 4.56. The number of benzene rings is 1. The van der Waals surface area contributed by atoms with Crippen molar-refractivity contribution in [1.82, 2.24) is 20.0 Å². The summed E-state index contributed by atoms with van der Waals surface area (Å²) in [5.74, 6) is 0.739. The lowest BCUT2D eigenvalue weighted by atomic mass is 10.2. The van der Waals surface area contributed by atoms with E-state index in [2.05, 4.69) is 15.3 Å². The van der Waals surface area contributed by atoms with Gasteiger partial charge in [-0.05, 0) is 24.3 Å². The second-order valence-electron chi connectivity index (χ2n) is 4.22. The Balaban J connectivity index is 1.91. The quantitative estimate of drug-likeness (QED) is 0.718. The van der Waals surface area contributed by atoms with Crippen molar-refractivity contribution < 1.29 is 4.74 Å². The van der Waals surface area contributed by atoms with Crippen LogP contribution < -0.4 is 10.5 Å². The first-order valence-corrected chi connectivity index (χ1v) is 5.85. The first-order valence-electron chi connectivity index (χ1n) is 5.85. The molecule has 0 unspecified atom stereocenters. The second-order valence-corrected chi connectivity index (χ2v) is 4.22. The van der Waals surface area contributed by atoms with Crippen LogP contribution in [0.25, 0.3) is 10.9 Å². The van der Waals surface area contributed by atoms with Gasteiger partial charge in [-0.3, -0.25) is 9.67 Å². The van der Waals surface area contributed by atoms with Crippen molar-refractivity contribution in [3.05, 3.63) is 42.4 Å². The normalized spacial score (nSPS) is 10.8. The summed E-state index contributed by atoms with van der Waals surface area (Å²) in [5, 5.41) is 8.73. The number of hydrogen-bond acceptors (Lipinski definition) is 5. The number of anilines is 1. The molecule has 0 bridgehead atoms. The van der Waals surface area contributed by atoms with Crippen LogP contribution in [-0.2, 0) is 13.7 Å². The van der Waals surface area contributed by atoms with E-state index in [1.165, 1.54) is 0 Å². The molecule has 0 aliphatic heterocycles. The van der Waals surface area contributed by atoms with Gasteiger partial charge in [-0.2, -0.15) is 0 Å². The molecule has 96 valence electrons. The molecule has 0 radical (unpaired) electrons. The molecule has 6 nitrogen and oxygen atoms in total. The molecule has 0 fully saturated rings. The Morgan fingerprint density at radius 2 is 2.21 bits per heavy atom. The summed E-state index contributed by atoms with van der Waals surface area (Å²) in [6, 6.07) is 7.43. The average molecular weight is 255 g/mol. The molecule has 2 heterocycles. The molecule has 3 rings (SSSR count). The van der Waals surface area contributed by atoms with Crippen LogP contribution in [0.3, 0.4) is 0 Å². The minimum Gasteiger partial charge on any atom is -0.486 e. The fraction of sp³-hybridized carbons (Fsp3) is 0.154. The molecule has 0 aliphatic rings. The summed E-state index contributed by atoms with van der Waals surface area (Å²) < 4.78 is 7.40. The molecular formula is C13H13N5O. The van der Waals surface area contributed by atoms with Crippen LogP contribution >= 0.6 is 0 Å². The standard InChI is InChI=1S/C13H13N5O/c1-18-7-9(16-17-18)8-19-12-5-4-11(14)13-10(12)3-2-6-15-13/h2-7H,8,14H2,1H3. The van der Waals surface area contributed by atoms with Gasteiger partial charge < -0.3 is 10.5 Å². The minimum absolute atomic E-state index is 0.363. The van der Waals surface area contributed by atoms with Gasteiger partial charge in [-0.1, -0.05) is 5.21 Å². The third-order valence-corrected chi connectivity index (χ3v) is 2.79. The minimum atomic E-state index is 0.363. The first-order chi connectivity index (χ1) is 9.24. The number of nitrogen functional groups attached to an aromatic ring is 1. The molecule has 0 amide bonds. The zero-order valence-electron chi connectivity index (χ0n) is 10.4. The highest BCUT2D eigenvalue weighted by Gasteiger charge is 2.07. The zero-order chi connectivity index (χ0) is 13.2. The molecule has 3 aromatic rings. The lowest BCUT2D eigenvalue weighted by molar-refractivity contribution is 0.305. The number of hydrogen-bond donors (Lipinski definition) is 1. The number of aryl methyl sites for hydroxylation is 1. The average Bonchev–Trinajstić information content (AvgIpc) is 2.84. The Labute approximate surface area is 109 Å². The van der Waals surface area contributed by atoms with Gasteiger partial charge in [-0.15, -0.1) is 5.10 Å². The van der Waals surface area contributed by atoms with Gasteiger partial charge in [0.2, 0.25) is 0 Å². The van der Waals surface area contributed by atoms with Crippen LogP contribution in [0.5, 0.6) is 5.75 Å². The van der Waals surface area contributed by atoms with Crippen molar-refractivity contribution in [2.45, 2.75) is 6.61 Å². The fourth-order valence-electron chi connectivity index (χ4n) is 1.91. The highest BCUT2D eigenvalue weighted by atomic mass is 16.5. The van der Waals surface area contributed by atoms with Crippen molar-refractivity contribution in [2.75, 3.05) is 5.73 Å². The summed E-state index contributed by atoms with van der Waals surface area (Å²) in [7, 11) is 1.82. The number of pyridine rings is 1. The third-order valence-electron chi connectivity index (χ3n) is 2.79. The monoisotopic (exact) mass is 255 g/mol. The highest BCUT2D eigenvalue weighted by Crippen LogP contribution is 2.28. The molecule has 19 heavy (non-hydrogen) atoms. The van der Waals surface area contributed by atoms with Crippen LogP contribution in [0.1, 0.15) is 5.69 Å². The van der Waals surface area contributed by atoms with Gasteiger partial charge in [-0.25, -0.2) is 0 Å². The van der Waals surface area contributed by atoms with E-state index in [-0.39, 0.29) is 0 Å². The van der Waals surface area contributed by atoms with Crippen molar-refractivity contribution >= 4 is 16.6 Å². The van der Waals surface area contributed by atoms with E-state index in [1.807, 2.05) is 31.4 Å². The number of nitrogens with two attached hydrogens (primary N) is 1. The fourth-order valence-corrected chi connectivity index (χ4v) is 1.91. The van der Waals surface area contributed by atoms with Crippen LogP contribution in [0, 0.1) is 0 Å². The predicted molar refractivity (Wildman–Crippen MR) is 71.5 cm³/mol. The number of fused-ring (bicyclic) bond motifs is 1. The van der Waals surface area contributed by atoms with Gasteiger partial charge in [0.25, 0.3) is 0 Å². The Morgan fingerprint density at radius 1 is 1.32 bits per heavy atom. The molecule has 2 N–H and O–H groups in total. The maximum Gasteiger partial charge on any atom is 0.134 e. The molecule has 1 aromatic carbocycles. The maximum absolute atomic E-state index is 5.89. The van der Waals surface area contributed by atoms with Crippen molar-refractivity contribution in [3.63, 3.8) is 0 Å². The molecular weight excluding hydrogens is 242 g/mol. The first kappa shape index (κ1) is 11.5. The van der Waals surface area contributed by atoms with Crippen LogP contribution in [0.2, 0.25) is 0 Å². The summed E-state index contributed by atoms with van der Waals surface area (Å²) in [6.45, 7) is 0.363. The molecule has 6 heteroatoms. The lowest BCUT2D eigenvalue weighted by Gasteiger charge is -2.08. The SMILES string of the molecule is Cn1cc(COc2ccc(N)c3ncccc23)nn1. The molecule has 0 saturated heterocycles. The van der Waals surface area contributed by atoms with E-state index in [4.69, 9.17) is 10.5 Å². The zero-order valence-corrected chi connectivity index (χ0v) is 10.4. The lowest BCUT2D eigenvalue weighted by Crippen LogP contribution is -1.98. The van der Waals surface area contributed by atoms with Gasteiger partial charge in [0.15, 0.2) is 0 Å². The maximum atomic E-state index is 5.89. The largest absolute Gasteiger partial charge is 0.486 e. The number of rotatable bonds is 3. The molecule has 0 saturated carbocycles. The van der Waals surface area contributed by atoms with E-state index in [1.54, 1.807) is 16.9 Å². The summed E-state index contributed by atoms with van der Waals surface area (Å²) in [6.07, 6.45) is 3.53. The molecule has 2 aromatic heterocycles. The molecule has 0 aliphatic carbocycles. The molecule has 0 atom stereocenters. The van der Waals surface area contributed by atoms with Crippen LogP contribution in [0.4, 0.5) is 5.69 Å². The summed E-state index contributed by atoms with van der Waals surface area (Å²) in [4.78, 5) is 4.26. The Kier molecular flexibility index (Phi) is 2.75. The van der Waals surface area contributed by atoms with Gasteiger partial charge in [0.1, 0.15) is 18.1 Å². The van der Waals surface area contributed by atoms with Crippen molar-refractivity contribution in [1.29, 1.82) is 0 Å². The van der Waals surface area contributed by atoms with Crippen molar-refractivity contribution in [2.24, 2.45) is 7.05 Å². The number of aromatic nitrogens is 4. The highest BCUT2D eigenvalue weighted by molar-refractivity contribution is 5.93. The summed E-state index contributed by atoms with van der Waals surface area (Å²) >= 11 is 0. The van der Waals surface area contributed by atoms with E-state index >= 15 is 0 Å². The Morgan fingerprint density at radius 3 is 3.00 bits per heavy atom. The smallest absolute Gasteiger partial charge is 0.134 e. The van der Waals surface area contributed by atoms with Crippen LogP contribution in [0.15, 0.2) is 36.7 Å². The van der Waals surface area contributed by atoms with Gasteiger partial charge >= 0.3 is 0 Å². The Bertz CT molecular complexity index is 722. The van der Waals surface area contributed by atoms with Gasteiger partial charge in [0.05, 0.1) is 17.4 Å². The van der Waals surface area contributed by atoms with Gasteiger partial charge in [0, 0.05) is 18.6 Å². The van der Waals surface area contributed by atoms with Crippen molar-refractivity contribution in [3.8, 4) is 5.75 Å². The van der Waals surface area contributed by atoms with E-state index in [0.29, 0.717) is 12.3 Å². The predicted octanol–water partition coefficient (Wildman–Crippen LogP) is 1.52. The topological polar surface area (TPSA) is 78.9 Å². The number of ether oxygens (including phenoxy) is 1. The van der Waals surface area contributed by atoms with E-state index in [9.17, 15) is 0 Å². The van der Waals surface area contributed by atoms with E-state index < -0.39 is 0 Å². The van der Waals surface area contributed by atoms with E-state index in [0.717, 1.165) is 22.3 Å². The van der Waals surface area contributed by atoms with Crippen LogP contribution in [-0.4, -0.2) is 20.0 Å². The summed E-state index contributed by atoms with van der Waals surface area (Å²) in [5.41, 5.74) is 8.06. The third kappa shape index (κ3) is 2.20. The Hall–Kier alpha value is -2.63.